The lowest BCUT2D eigenvalue weighted by molar-refractivity contribution is 1.02. The summed E-state index contributed by atoms with van der Waals surface area (Å²) in [6.07, 6.45) is 4.19. The number of nitrogens with one attached hydrogen (secondary N) is 2. The molecule has 1 fully saturated rings. The second-order valence-corrected chi connectivity index (χ2v) is 5.36. The molecule has 6 nitrogen and oxygen atoms in total. The molecule has 2 heterocycles. The molecule has 0 radical (unpaired) electrons. The predicted octanol–water partition coefficient (Wildman–Crippen LogP) is 2.42. The van der Waals surface area contributed by atoms with Crippen LogP contribution in [0.2, 0.25) is 0 Å². The van der Waals surface area contributed by atoms with Gasteiger partial charge in [0, 0.05) is 6.54 Å². The van der Waals surface area contributed by atoms with Crippen molar-refractivity contribution in [1.29, 1.82) is 0 Å². The van der Waals surface area contributed by atoms with Crippen LogP contribution in [0, 0.1) is 0 Å². The number of aromatic nitrogens is 4. The molecule has 21 heavy (non-hydrogen) atoms. The minimum absolute atomic E-state index is 0.229. The lowest BCUT2D eigenvalue weighted by Gasteiger charge is -2.11. The summed E-state index contributed by atoms with van der Waals surface area (Å²) in [5.74, 6) is 1.65. The maximum atomic E-state index is 5.72. The quantitative estimate of drug-likeness (QED) is 0.682. The van der Waals surface area contributed by atoms with E-state index in [0.29, 0.717) is 11.5 Å². The van der Waals surface area contributed by atoms with Gasteiger partial charge in [0.15, 0.2) is 11.5 Å². The van der Waals surface area contributed by atoms with E-state index >= 15 is 0 Å². The second kappa shape index (κ2) is 4.73. The monoisotopic (exact) mass is 280 g/mol. The highest BCUT2D eigenvalue weighted by atomic mass is 15.1. The number of H-pyrrole nitrogens is 1. The van der Waals surface area contributed by atoms with E-state index in [-0.39, 0.29) is 5.95 Å². The van der Waals surface area contributed by atoms with Crippen LogP contribution in [-0.2, 0) is 6.54 Å². The van der Waals surface area contributed by atoms with E-state index in [1.54, 1.807) is 6.33 Å². The summed E-state index contributed by atoms with van der Waals surface area (Å²) >= 11 is 0. The van der Waals surface area contributed by atoms with Crippen LogP contribution in [0.1, 0.15) is 29.9 Å². The van der Waals surface area contributed by atoms with Crippen LogP contribution in [0.15, 0.2) is 30.6 Å². The third-order valence-electron chi connectivity index (χ3n) is 3.82. The molecule has 1 aliphatic rings. The number of hydrogen-bond donors (Lipinski definition) is 3. The summed E-state index contributed by atoms with van der Waals surface area (Å²) < 4.78 is 0. The Kier molecular flexibility index (Phi) is 2.73. The highest BCUT2D eigenvalue weighted by Gasteiger charge is 2.25. The minimum atomic E-state index is 0.229. The Morgan fingerprint density at radius 3 is 2.95 bits per heavy atom. The highest BCUT2D eigenvalue weighted by molar-refractivity contribution is 5.83. The van der Waals surface area contributed by atoms with Crippen molar-refractivity contribution < 1.29 is 0 Å². The van der Waals surface area contributed by atoms with Gasteiger partial charge in [-0.3, -0.25) is 0 Å². The van der Waals surface area contributed by atoms with E-state index in [0.717, 1.165) is 18.0 Å². The fourth-order valence-corrected chi connectivity index (χ4v) is 2.64. The van der Waals surface area contributed by atoms with Gasteiger partial charge in [-0.25, -0.2) is 4.98 Å². The minimum Gasteiger partial charge on any atom is -0.368 e. The number of nitrogens with two attached hydrogens (primary N) is 1. The zero-order valence-electron chi connectivity index (χ0n) is 11.5. The van der Waals surface area contributed by atoms with Crippen molar-refractivity contribution in [2.45, 2.75) is 25.3 Å². The third kappa shape index (κ3) is 2.29. The van der Waals surface area contributed by atoms with Crippen molar-refractivity contribution in [2.24, 2.45) is 0 Å². The third-order valence-corrected chi connectivity index (χ3v) is 3.82. The van der Waals surface area contributed by atoms with E-state index < -0.39 is 0 Å². The molecule has 1 aromatic carbocycles. The summed E-state index contributed by atoms with van der Waals surface area (Å²) in [4.78, 5) is 15.5. The van der Waals surface area contributed by atoms with Gasteiger partial charge in [-0.1, -0.05) is 24.3 Å². The molecule has 1 aliphatic carbocycles. The molecular formula is C15H16N6. The van der Waals surface area contributed by atoms with Crippen LogP contribution in [0.25, 0.3) is 11.2 Å². The summed E-state index contributed by atoms with van der Waals surface area (Å²) in [6.45, 7) is 0.719. The zero-order chi connectivity index (χ0) is 14.2. The molecule has 0 aliphatic heterocycles. The normalized spacial score (nSPS) is 14.5. The average molecular weight is 280 g/mol. The number of fused-ring (bicyclic) bond motifs is 1. The van der Waals surface area contributed by atoms with Crippen molar-refractivity contribution in [1.82, 2.24) is 19.9 Å². The van der Waals surface area contributed by atoms with Gasteiger partial charge in [0.25, 0.3) is 0 Å². The number of aromatic amines is 1. The zero-order valence-corrected chi connectivity index (χ0v) is 11.5. The van der Waals surface area contributed by atoms with Gasteiger partial charge >= 0.3 is 0 Å². The molecule has 6 heteroatoms. The Hall–Kier alpha value is -2.63. The molecule has 0 atom stereocenters. The van der Waals surface area contributed by atoms with Crippen molar-refractivity contribution in [3.63, 3.8) is 0 Å². The lowest BCUT2D eigenvalue weighted by atomic mass is 10.0. The van der Waals surface area contributed by atoms with E-state index in [2.05, 4.69) is 49.5 Å². The molecule has 1 saturated carbocycles. The van der Waals surface area contributed by atoms with Crippen LogP contribution in [0.3, 0.4) is 0 Å². The Labute approximate surface area is 121 Å². The smallest absolute Gasteiger partial charge is 0.224 e. The van der Waals surface area contributed by atoms with Gasteiger partial charge in [-0.15, -0.1) is 0 Å². The molecule has 0 unspecified atom stereocenters. The van der Waals surface area contributed by atoms with Crippen LogP contribution in [0.5, 0.6) is 0 Å². The summed E-state index contributed by atoms with van der Waals surface area (Å²) in [5.41, 5.74) is 9.84. The maximum absolute atomic E-state index is 5.72. The van der Waals surface area contributed by atoms with Crippen LogP contribution < -0.4 is 11.1 Å². The maximum Gasteiger partial charge on any atom is 0.224 e. The van der Waals surface area contributed by atoms with Gasteiger partial charge in [-0.05, 0) is 29.9 Å². The highest BCUT2D eigenvalue weighted by Crippen LogP contribution is 2.41. The summed E-state index contributed by atoms with van der Waals surface area (Å²) in [5, 5.41) is 3.35. The summed E-state index contributed by atoms with van der Waals surface area (Å²) in [6, 6.07) is 8.56. The first-order chi connectivity index (χ1) is 10.3. The van der Waals surface area contributed by atoms with Crippen molar-refractivity contribution in [3.05, 3.63) is 41.7 Å². The van der Waals surface area contributed by atoms with Gasteiger partial charge in [0.2, 0.25) is 5.95 Å². The molecule has 106 valence electrons. The lowest BCUT2D eigenvalue weighted by Crippen LogP contribution is -2.06. The van der Waals surface area contributed by atoms with Crippen molar-refractivity contribution in [3.8, 4) is 0 Å². The molecule has 4 N–H and O–H groups in total. The molecule has 0 amide bonds. The van der Waals surface area contributed by atoms with Crippen molar-refractivity contribution in [2.75, 3.05) is 11.1 Å². The average Bonchev–Trinajstić information content (AvgIpc) is 3.23. The molecule has 0 bridgehead atoms. The first-order valence-electron chi connectivity index (χ1n) is 7.09. The number of nitrogen functional groups attached to an aromatic ring is 1. The first kappa shape index (κ1) is 12.1. The Morgan fingerprint density at radius 1 is 1.24 bits per heavy atom. The van der Waals surface area contributed by atoms with E-state index in [4.69, 9.17) is 5.73 Å². The number of rotatable bonds is 4. The summed E-state index contributed by atoms with van der Waals surface area (Å²) in [7, 11) is 0. The number of imidazole rings is 1. The van der Waals surface area contributed by atoms with Gasteiger partial charge in [0.1, 0.15) is 5.52 Å². The molecule has 0 saturated heterocycles. The van der Waals surface area contributed by atoms with Crippen LogP contribution in [-0.4, -0.2) is 19.9 Å². The van der Waals surface area contributed by atoms with E-state index in [9.17, 15) is 0 Å². The molecular weight excluding hydrogens is 264 g/mol. The van der Waals surface area contributed by atoms with Crippen LogP contribution in [0.4, 0.5) is 11.8 Å². The van der Waals surface area contributed by atoms with Crippen LogP contribution >= 0.6 is 0 Å². The predicted molar refractivity (Wildman–Crippen MR) is 81.8 cm³/mol. The Morgan fingerprint density at radius 2 is 2.10 bits per heavy atom. The molecule has 4 rings (SSSR count). The van der Waals surface area contributed by atoms with Gasteiger partial charge in [-0.2, -0.15) is 9.97 Å². The molecule has 3 aromatic rings. The Bertz CT molecular complexity index is 790. The standard InChI is InChI=1S/C15H16N6/c16-15-20-13(12-14(21-15)19-8-18-12)17-7-10-3-1-2-4-11(10)9-5-6-9/h1-4,8-9H,5-7H2,(H4,16,17,18,19,20,21). The van der Waals surface area contributed by atoms with E-state index in [1.807, 2.05) is 0 Å². The SMILES string of the molecule is Nc1nc(NCc2ccccc2C2CC2)c2[nH]cnc2n1. The largest absolute Gasteiger partial charge is 0.368 e. The number of anilines is 2. The molecule has 0 spiro atoms. The fourth-order valence-electron chi connectivity index (χ4n) is 2.64. The van der Waals surface area contributed by atoms with Crippen molar-refractivity contribution >= 4 is 22.9 Å². The first-order valence-corrected chi connectivity index (χ1v) is 7.09. The van der Waals surface area contributed by atoms with Gasteiger partial charge in [0.05, 0.1) is 6.33 Å². The number of nitrogens with zero attached hydrogens (tertiary/aromatic N) is 3. The fraction of sp³-hybridized carbons (Fsp3) is 0.267. The number of hydrogen-bond acceptors (Lipinski definition) is 5. The van der Waals surface area contributed by atoms with E-state index in [1.165, 1.54) is 24.0 Å². The topological polar surface area (TPSA) is 92.5 Å². The molecule has 2 aromatic heterocycles. The second-order valence-electron chi connectivity index (χ2n) is 5.36. The number of benzene rings is 1. The van der Waals surface area contributed by atoms with Gasteiger partial charge < -0.3 is 16.0 Å². The Balaban J connectivity index is 1.62.